The predicted octanol–water partition coefficient (Wildman–Crippen LogP) is 2.45. The van der Waals surface area contributed by atoms with Gasteiger partial charge in [-0.2, -0.15) is 11.8 Å². The molecule has 0 aromatic rings. The van der Waals surface area contributed by atoms with Gasteiger partial charge in [0.05, 0.1) is 0 Å². The summed E-state index contributed by atoms with van der Waals surface area (Å²) >= 11 is 5.48. The molecule has 0 rings (SSSR count). The van der Waals surface area contributed by atoms with Crippen molar-refractivity contribution in [1.82, 2.24) is 4.90 Å². The number of nitrogens with zero attached hydrogens (tertiary/aromatic N) is 1. The Kier molecular flexibility index (Phi) is 7.97. The highest BCUT2D eigenvalue weighted by Crippen LogP contribution is 2.03. The van der Waals surface area contributed by atoms with Crippen LogP contribution in [0.2, 0.25) is 0 Å². The fraction of sp³-hybridized carbons (Fsp3) is 1.00. The minimum Gasteiger partial charge on any atom is -0.302 e. The minimum absolute atomic E-state index is 0.660. The van der Waals surface area contributed by atoms with E-state index in [0.717, 1.165) is 5.33 Å². The average Bonchev–Trinajstić information content (AvgIpc) is 2.03. The molecule has 0 radical (unpaired) electrons. The fourth-order valence-electron chi connectivity index (χ4n) is 0.691. The Morgan fingerprint density at radius 3 is 2.64 bits per heavy atom. The highest BCUT2D eigenvalue weighted by atomic mass is 79.9. The monoisotopic (exact) mass is 239 g/mol. The van der Waals surface area contributed by atoms with Crippen molar-refractivity contribution >= 4 is 27.7 Å². The lowest BCUT2D eigenvalue weighted by Crippen LogP contribution is -2.32. The first-order valence-corrected chi connectivity index (χ1v) is 6.34. The smallest absolute Gasteiger partial charge is 0.0185 e. The molecule has 1 nitrogen and oxygen atoms in total. The number of alkyl halides is 1. The maximum atomic E-state index is 3.48. The van der Waals surface area contributed by atoms with Gasteiger partial charge < -0.3 is 4.90 Å². The van der Waals surface area contributed by atoms with Crippen molar-refractivity contribution in [2.75, 3.05) is 30.4 Å². The van der Waals surface area contributed by atoms with E-state index in [0.29, 0.717) is 6.04 Å². The summed E-state index contributed by atoms with van der Waals surface area (Å²) in [5.41, 5.74) is 0. The molecule has 11 heavy (non-hydrogen) atoms. The standard InChI is InChI=1S/C8H18BrNS/c1-4-11-6-5-10(3)8(2)7-9/h8H,4-7H2,1-3H3. The van der Waals surface area contributed by atoms with E-state index in [-0.39, 0.29) is 0 Å². The summed E-state index contributed by atoms with van der Waals surface area (Å²) in [6, 6.07) is 0.660. The largest absolute Gasteiger partial charge is 0.302 e. The zero-order valence-corrected chi connectivity index (χ0v) is 10.0. The number of thioether (sulfide) groups is 1. The van der Waals surface area contributed by atoms with E-state index < -0.39 is 0 Å². The lowest BCUT2D eigenvalue weighted by molar-refractivity contribution is 0.296. The quantitative estimate of drug-likeness (QED) is 0.518. The molecule has 0 saturated heterocycles. The molecule has 0 aliphatic heterocycles. The predicted molar refractivity (Wildman–Crippen MR) is 58.9 cm³/mol. The van der Waals surface area contributed by atoms with Crippen LogP contribution < -0.4 is 0 Å². The molecule has 0 heterocycles. The van der Waals surface area contributed by atoms with E-state index in [1.165, 1.54) is 18.1 Å². The second-order valence-corrected chi connectivity index (χ2v) is 4.72. The molecule has 1 atom stereocenters. The molecule has 0 saturated carbocycles. The zero-order valence-electron chi connectivity index (χ0n) is 7.64. The zero-order chi connectivity index (χ0) is 8.69. The molecular weight excluding hydrogens is 222 g/mol. The highest BCUT2D eigenvalue weighted by Gasteiger charge is 2.05. The third-order valence-electron chi connectivity index (χ3n) is 1.77. The Hall–Kier alpha value is 0.790. The van der Waals surface area contributed by atoms with E-state index in [2.05, 4.69) is 41.7 Å². The number of hydrogen-bond acceptors (Lipinski definition) is 2. The van der Waals surface area contributed by atoms with Gasteiger partial charge >= 0.3 is 0 Å². The van der Waals surface area contributed by atoms with Crippen LogP contribution in [0.1, 0.15) is 13.8 Å². The van der Waals surface area contributed by atoms with Gasteiger partial charge in [0.1, 0.15) is 0 Å². The van der Waals surface area contributed by atoms with Gasteiger partial charge in [-0.25, -0.2) is 0 Å². The fourth-order valence-corrected chi connectivity index (χ4v) is 1.89. The molecule has 3 heteroatoms. The first kappa shape index (κ1) is 11.8. The van der Waals surface area contributed by atoms with E-state index >= 15 is 0 Å². The van der Waals surface area contributed by atoms with Gasteiger partial charge in [0.15, 0.2) is 0 Å². The molecule has 0 fully saturated rings. The van der Waals surface area contributed by atoms with Gasteiger partial charge in [0, 0.05) is 23.7 Å². The first-order valence-electron chi connectivity index (χ1n) is 4.06. The van der Waals surface area contributed by atoms with Crippen LogP contribution in [-0.4, -0.2) is 41.4 Å². The third-order valence-corrected chi connectivity index (χ3v) is 3.58. The molecule has 0 aromatic carbocycles. The van der Waals surface area contributed by atoms with E-state index in [1.54, 1.807) is 0 Å². The summed E-state index contributed by atoms with van der Waals surface area (Å²) in [4.78, 5) is 2.39. The lowest BCUT2D eigenvalue weighted by atomic mass is 10.3. The SMILES string of the molecule is CCSCCN(C)C(C)CBr. The van der Waals surface area contributed by atoms with E-state index in [9.17, 15) is 0 Å². The second-order valence-electron chi connectivity index (χ2n) is 2.68. The molecular formula is C8H18BrNS. The van der Waals surface area contributed by atoms with Crippen LogP contribution in [0.4, 0.5) is 0 Å². The van der Waals surface area contributed by atoms with E-state index in [4.69, 9.17) is 0 Å². The summed E-state index contributed by atoms with van der Waals surface area (Å²) in [6.07, 6.45) is 0. The Morgan fingerprint density at radius 1 is 1.55 bits per heavy atom. The van der Waals surface area contributed by atoms with Crippen LogP contribution in [-0.2, 0) is 0 Å². The topological polar surface area (TPSA) is 3.24 Å². The van der Waals surface area contributed by atoms with Gasteiger partial charge in [-0.3, -0.25) is 0 Å². The first-order chi connectivity index (χ1) is 5.22. The Balaban J connectivity index is 3.28. The maximum Gasteiger partial charge on any atom is 0.0185 e. The van der Waals surface area contributed by atoms with Crippen molar-refractivity contribution in [3.05, 3.63) is 0 Å². The molecule has 0 amide bonds. The van der Waals surface area contributed by atoms with Crippen LogP contribution in [0.15, 0.2) is 0 Å². The van der Waals surface area contributed by atoms with Crippen molar-refractivity contribution in [2.24, 2.45) is 0 Å². The summed E-state index contributed by atoms with van der Waals surface area (Å²) in [7, 11) is 2.18. The van der Waals surface area contributed by atoms with Gasteiger partial charge in [-0.15, -0.1) is 0 Å². The molecule has 0 bridgehead atoms. The summed E-state index contributed by atoms with van der Waals surface area (Å²) in [6.45, 7) is 5.65. The van der Waals surface area contributed by atoms with Crippen molar-refractivity contribution in [2.45, 2.75) is 19.9 Å². The van der Waals surface area contributed by atoms with Crippen molar-refractivity contribution in [1.29, 1.82) is 0 Å². The Morgan fingerprint density at radius 2 is 2.18 bits per heavy atom. The van der Waals surface area contributed by atoms with Crippen LogP contribution in [0.25, 0.3) is 0 Å². The Bertz CT molecular complexity index is 90.2. The van der Waals surface area contributed by atoms with Gasteiger partial charge in [-0.05, 0) is 19.7 Å². The van der Waals surface area contributed by atoms with Crippen LogP contribution in [0.5, 0.6) is 0 Å². The average molecular weight is 240 g/mol. The Labute approximate surface area is 83.0 Å². The third kappa shape index (κ3) is 6.00. The van der Waals surface area contributed by atoms with Crippen molar-refractivity contribution in [3.8, 4) is 0 Å². The normalized spacial score (nSPS) is 13.9. The van der Waals surface area contributed by atoms with Gasteiger partial charge in [0.25, 0.3) is 0 Å². The molecule has 1 unspecified atom stereocenters. The molecule has 68 valence electrons. The summed E-state index contributed by atoms with van der Waals surface area (Å²) in [5.74, 6) is 2.49. The maximum absolute atomic E-state index is 3.48. The summed E-state index contributed by atoms with van der Waals surface area (Å²) in [5, 5.41) is 1.07. The molecule has 0 spiro atoms. The number of hydrogen-bond donors (Lipinski definition) is 0. The van der Waals surface area contributed by atoms with Crippen LogP contribution >= 0.6 is 27.7 Å². The second kappa shape index (κ2) is 7.44. The van der Waals surface area contributed by atoms with E-state index in [1.807, 2.05) is 11.8 Å². The summed E-state index contributed by atoms with van der Waals surface area (Å²) < 4.78 is 0. The molecule has 0 aliphatic rings. The molecule has 0 aliphatic carbocycles. The van der Waals surface area contributed by atoms with Gasteiger partial charge in [-0.1, -0.05) is 22.9 Å². The van der Waals surface area contributed by atoms with Gasteiger partial charge in [0.2, 0.25) is 0 Å². The van der Waals surface area contributed by atoms with Crippen molar-refractivity contribution in [3.63, 3.8) is 0 Å². The molecule has 0 N–H and O–H groups in total. The number of rotatable bonds is 6. The highest BCUT2D eigenvalue weighted by molar-refractivity contribution is 9.09. The van der Waals surface area contributed by atoms with Crippen LogP contribution in [0, 0.1) is 0 Å². The minimum atomic E-state index is 0.660. The lowest BCUT2D eigenvalue weighted by Gasteiger charge is -2.22. The van der Waals surface area contributed by atoms with Crippen molar-refractivity contribution < 1.29 is 0 Å². The number of halogens is 1. The molecule has 0 aromatic heterocycles. The van der Waals surface area contributed by atoms with Crippen LogP contribution in [0.3, 0.4) is 0 Å².